The van der Waals surface area contributed by atoms with Crippen LogP contribution in [-0.2, 0) is 11.3 Å². The van der Waals surface area contributed by atoms with Crippen LogP contribution in [0.3, 0.4) is 0 Å². The number of aliphatic hydroxyl groups excluding tert-OH is 1. The molecule has 22 heavy (non-hydrogen) atoms. The van der Waals surface area contributed by atoms with Crippen LogP contribution in [0.4, 0.5) is 0 Å². The van der Waals surface area contributed by atoms with Gasteiger partial charge in [0, 0.05) is 57.7 Å². The zero-order valence-corrected chi connectivity index (χ0v) is 13.6. The lowest BCUT2D eigenvalue weighted by atomic mass is 9.71. The first-order valence-electron chi connectivity index (χ1n) is 8.42. The third-order valence-corrected chi connectivity index (χ3v) is 5.62. The molecule has 0 radical (unpaired) electrons. The summed E-state index contributed by atoms with van der Waals surface area (Å²) in [5.41, 5.74) is 1.61. The van der Waals surface area contributed by atoms with Crippen molar-refractivity contribution in [3.05, 3.63) is 24.0 Å². The van der Waals surface area contributed by atoms with E-state index in [-0.39, 0.29) is 0 Å². The Balaban J connectivity index is 1.55. The number of piperidine rings is 1. The van der Waals surface area contributed by atoms with Crippen LogP contribution in [0.2, 0.25) is 0 Å². The summed E-state index contributed by atoms with van der Waals surface area (Å²) in [7, 11) is 1.76. The van der Waals surface area contributed by atoms with Crippen molar-refractivity contribution >= 4 is 0 Å². The van der Waals surface area contributed by atoms with E-state index in [0.29, 0.717) is 17.9 Å². The van der Waals surface area contributed by atoms with Crippen molar-refractivity contribution in [2.24, 2.45) is 11.3 Å². The van der Waals surface area contributed by atoms with Crippen molar-refractivity contribution in [3.63, 3.8) is 0 Å². The molecule has 1 aromatic rings. The Labute approximate surface area is 133 Å². The van der Waals surface area contributed by atoms with Gasteiger partial charge < -0.3 is 19.7 Å². The highest BCUT2D eigenvalue weighted by molar-refractivity contribution is 5.05. The molecule has 1 unspecified atom stereocenters. The van der Waals surface area contributed by atoms with Gasteiger partial charge in [0.2, 0.25) is 0 Å². The van der Waals surface area contributed by atoms with Gasteiger partial charge in [0.15, 0.2) is 0 Å². The van der Waals surface area contributed by atoms with Gasteiger partial charge in [-0.3, -0.25) is 4.90 Å². The van der Waals surface area contributed by atoms with E-state index in [0.717, 1.165) is 45.9 Å². The number of aliphatic hydroxyl groups is 1. The van der Waals surface area contributed by atoms with E-state index in [2.05, 4.69) is 26.9 Å². The number of hydrogen-bond donors (Lipinski definition) is 2. The number of methoxy groups -OCH3 is 1. The van der Waals surface area contributed by atoms with Crippen molar-refractivity contribution in [1.82, 2.24) is 14.8 Å². The van der Waals surface area contributed by atoms with Crippen LogP contribution in [0.5, 0.6) is 0 Å². The molecule has 3 rings (SSSR count). The summed E-state index contributed by atoms with van der Waals surface area (Å²) < 4.78 is 5.21. The van der Waals surface area contributed by atoms with Gasteiger partial charge in [0.25, 0.3) is 0 Å². The molecule has 2 N–H and O–H groups in total. The Morgan fingerprint density at radius 2 is 2.18 bits per heavy atom. The molecule has 0 aliphatic carbocycles. The summed E-state index contributed by atoms with van der Waals surface area (Å²) in [5.74, 6) is 0.428. The predicted octanol–water partition coefficient (Wildman–Crippen LogP) is 1.17. The van der Waals surface area contributed by atoms with Crippen molar-refractivity contribution in [1.29, 1.82) is 0 Å². The average molecular weight is 307 g/mol. The van der Waals surface area contributed by atoms with E-state index in [1.54, 1.807) is 7.11 Å². The van der Waals surface area contributed by atoms with E-state index < -0.39 is 0 Å². The highest BCUT2D eigenvalue weighted by atomic mass is 16.5. The first-order valence-corrected chi connectivity index (χ1v) is 8.42. The molecule has 2 saturated heterocycles. The minimum Gasteiger partial charge on any atom is -0.396 e. The van der Waals surface area contributed by atoms with E-state index in [1.807, 2.05) is 6.20 Å². The first kappa shape index (κ1) is 16.0. The number of aromatic nitrogens is 1. The van der Waals surface area contributed by atoms with E-state index in [4.69, 9.17) is 4.74 Å². The van der Waals surface area contributed by atoms with Gasteiger partial charge in [-0.25, -0.2) is 0 Å². The maximum absolute atomic E-state index is 9.82. The Kier molecular flexibility index (Phi) is 5.18. The molecule has 0 aromatic carbocycles. The smallest absolute Gasteiger partial charge is 0.0589 e. The van der Waals surface area contributed by atoms with Crippen molar-refractivity contribution in [3.8, 4) is 0 Å². The molecule has 1 aromatic heterocycles. The number of hydrogen-bond acceptors (Lipinski definition) is 4. The van der Waals surface area contributed by atoms with Gasteiger partial charge in [-0.1, -0.05) is 0 Å². The molecule has 0 amide bonds. The number of nitrogens with zero attached hydrogens (tertiary/aromatic N) is 2. The molecule has 1 atom stereocenters. The van der Waals surface area contributed by atoms with Gasteiger partial charge in [-0.05, 0) is 43.5 Å². The second-order valence-corrected chi connectivity index (χ2v) is 6.94. The number of rotatable bonds is 6. The highest BCUT2D eigenvalue weighted by Gasteiger charge is 2.47. The zero-order chi connectivity index (χ0) is 15.4. The van der Waals surface area contributed by atoms with E-state index in [9.17, 15) is 5.11 Å². The number of nitrogens with one attached hydrogen (secondary N) is 1. The molecule has 5 nitrogen and oxygen atoms in total. The molecule has 0 saturated carbocycles. The van der Waals surface area contributed by atoms with Crippen LogP contribution < -0.4 is 0 Å². The molecule has 2 aliphatic rings. The minimum atomic E-state index is 0.314. The third kappa shape index (κ3) is 3.38. The van der Waals surface area contributed by atoms with Gasteiger partial charge in [0.1, 0.15) is 0 Å². The van der Waals surface area contributed by atoms with Crippen LogP contribution in [0.25, 0.3) is 0 Å². The Morgan fingerprint density at radius 3 is 2.82 bits per heavy atom. The highest BCUT2D eigenvalue weighted by Crippen LogP contribution is 2.44. The Morgan fingerprint density at radius 1 is 1.36 bits per heavy atom. The normalized spacial score (nSPS) is 26.0. The molecular formula is C17H29N3O2. The van der Waals surface area contributed by atoms with Gasteiger partial charge in [0.05, 0.1) is 6.61 Å². The lowest BCUT2D eigenvalue weighted by Crippen LogP contribution is -2.44. The van der Waals surface area contributed by atoms with Crippen LogP contribution in [0.1, 0.15) is 18.5 Å². The topological polar surface area (TPSA) is 51.7 Å². The molecule has 2 aliphatic heterocycles. The maximum atomic E-state index is 9.82. The zero-order valence-electron chi connectivity index (χ0n) is 13.6. The Hall–Kier alpha value is -0.880. The van der Waals surface area contributed by atoms with Crippen molar-refractivity contribution in [2.75, 3.05) is 53.0 Å². The first-order chi connectivity index (χ1) is 10.8. The number of likely N-dealkylation sites (tertiary alicyclic amines) is 2. The summed E-state index contributed by atoms with van der Waals surface area (Å²) in [5, 5.41) is 9.82. The molecule has 3 heterocycles. The molecule has 5 heteroatoms. The van der Waals surface area contributed by atoms with Crippen LogP contribution >= 0.6 is 0 Å². The fourth-order valence-electron chi connectivity index (χ4n) is 4.22. The summed E-state index contributed by atoms with van der Waals surface area (Å²) in [6.07, 6.45) is 4.39. The van der Waals surface area contributed by atoms with Crippen molar-refractivity contribution < 1.29 is 9.84 Å². The predicted molar refractivity (Wildman–Crippen MR) is 86.6 cm³/mol. The summed E-state index contributed by atoms with van der Waals surface area (Å²) in [6.45, 7) is 7.52. The number of H-pyrrole nitrogens is 1. The Bertz CT molecular complexity index is 441. The van der Waals surface area contributed by atoms with Gasteiger partial charge in [-0.2, -0.15) is 0 Å². The van der Waals surface area contributed by atoms with E-state index in [1.165, 1.54) is 18.5 Å². The lowest BCUT2D eigenvalue weighted by Gasteiger charge is -2.42. The summed E-state index contributed by atoms with van der Waals surface area (Å²) in [4.78, 5) is 8.30. The minimum absolute atomic E-state index is 0.314. The monoisotopic (exact) mass is 307 g/mol. The van der Waals surface area contributed by atoms with Gasteiger partial charge >= 0.3 is 0 Å². The third-order valence-electron chi connectivity index (χ3n) is 5.62. The second-order valence-electron chi connectivity index (χ2n) is 6.94. The maximum Gasteiger partial charge on any atom is 0.0589 e. The molecule has 124 valence electrons. The average Bonchev–Trinajstić information content (AvgIpc) is 3.16. The SMILES string of the molecule is COCCN1CC(CO)C2(CCN(Cc3ccc[nH]3)CC2)C1. The summed E-state index contributed by atoms with van der Waals surface area (Å²) >= 11 is 0. The van der Waals surface area contributed by atoms with Crippen LogP contribution in [0.15, 0.2) is 18.3 Å². The van der Waals surface area contributed by atoms with E-state index >= 15 is 0 Å². The fraction of sp³-hybridized carbons (Fsp3) is 0.765. The molecule has 2 fully saturated rings. The lowest BCUT2D eigenvalue weighted by molar-refractivity contribution is 0.0473. The second kappa shape index (κ2) is 7.13. The van der Waals surface area contributed by atoms with Crippen LogP contribution in [-0.4, -0.2) is 72.9 Å². The number of ether oxygens (including phenoxy) is 1. The molecular weight excluding hydrogens is 278 g/mol. The molecule has 0 bridgehead atoms. The fourth-order valence-corrected chi connectivity index (χ4v) is 4.22. The van der Waals surface area contributed by atoms with Crippen molar-refractivity contribution in [2.45, 2.75) is 19.4 Å². The quantitative estimate of drug-likeness (QED) is 0.828. The largest absolute Gasteiger partial charge is 0.396 e. The number of aromatic amines is 1. The molecule has 1 spiro atoms. The van der Waals surface area contributed by atoms with Gasteiger partial charge in [-0.15, -0.1) is 0 Å². The summed E-state index contributed by atoms with van der Waals surface area (Å²) in [6, 6.07) is 4.22. The standard InChI is InChI=1S/C17H29N3O2/c1-22-10-9-20-11-15(13-21)17(14-20)4-7-19(8-5-17)12-16-3-2-6-18-16/h2-3,6,15,18,21H,4-5,7-14H2,1H3. The van der Waals surface area contributed by atoms with Crippen LogP contribution in [0, 0.1) is 11.3 Å².